The van der Waals surface area contributed by atoms with E-state index < -0.39 is 15.8 Å². The van der Waals surface area contributed by atoms with Crippen molar-refractivity contribution in [1.82, 2.24) is 5.32 Å². The molecule has 3 aromatic carbocycles. The minimum Gasteiger partial charge on any atom is -0.493 e. The average molecular weight is 517 g/mol. The lowest BCUT2D eigenvalue weighted by atomic mass is 10.1. The van der Waals surface area contributed by atoms with Gasteiger partial charge < -0.3 is 19.5 Å². The number of nitrogens with zero attached hydrogens (tertiary/aromatic N) is 1. The fourth-order valence-corrected chi connectivity index (χ4v) is 4.41. The molecule has 1 amide bonds. The molecule has 0 saturated heterocycles. The van der Waals surface area contributed by atoms with Crippen LogP contribution >= 0.6 is 0 Å². The second-order valence-corrected chi connectivity index (χ2v) is 9.95. The van der Waals surface area contributed by atoms with Crippen molar-refractivity contribution < 1.29 is 31.8 Å². The number of ether oxygens (including phenoxy) is 3. The van der Waals surface area contributed by atoms with Crippen LogP contribution in [0.1, 0.15) is 24.1 Å². The van der Waals surface area contributed by atoms with Crippen molar-refractivity contribution in [2.24, 2.45) is 0 Å². The second kappa shape index (κ2) is 11.8. The number of hydrogen-bond acceptors (Lipinski definition) is 6. The highest BCUT2D eigenvalue weighted by Gasteiger charge is 2.20. The summed E-state index contributed by atoms with van der Waals surface area (Å²) in [6.45, 7) is 1.45. The van der Waals surface area contributed by atoms with Crippen LogP contribution in [0.25, 0.3) is 0 Å². The molecule has 3 aromatic rings. The van der Waals surface area contributed by atoms with Crippen LogP contribution < -0.4 is 23.8 Å². The van der Waals surface area contributed by atoms with Crippen molar-refractivity contribution in [3.8, 4) is 17.2 Å². The van der Waals surface area contributed by atoms with E-state index in [4.69, 9.17) is 14.2 Å². The quantitative estimate of drug-likeness (QED) is 0.413. The largest absolute Gasteiger partial charge is 0.493 e. The third-order valence-electron chi connectivity index (χ3n) is 5.45. The van der Waals surface area contributed by atoms with Gasteiger partial charge in [0.1, 0.15) is 11.6 Å². The molecule has 192 valence electrons. The molecule has 0 radical (unpaired) electrons. The molecule has 0 aliphatic rings. The van der Waals surface area contributed by atoms with Crippen molar-refractivity contribution in [3.05, 3.63) is 83.7 Å². The molecule has 3 rings (SSSR count). The first-order valence-corrected chi connectivity index (χ1v) is 12.9. The first kappa shape index (κ1) is 26.8. The maximum absolute atomic E-state index is 14.1. The van der Waals surface area contributed by atoms with E-state index in [0.29, 0.717) is 22.9 Å². The Kier molecular flexibility index (Phi) is 8.76. The van der Waals surface area contributed by atoms with Gasteiger partial charge in [-0.3, -0.25) is 9.10 Å². The summed E-state index contributed by atoms with van der Waals surface area (Å²) in [5, 5.41) is 2.85. The lowest BCUT2D eigenvalue weighted by Crippen LogP contribution is -2.31. The number of anilines is 1. The molecule has 0 fully saturated rings. The number of methoxy groups -OCH3 is 2. The molecule has 0 aliphatic heterocycles. The summed E-state index contributed by atoms with van der Waals surface area (Å²) >= 11 is 0. The van der Waals surface area contributed by atoms with Crippen LogP contribution in [-0.4, -0.2) is 41.4 Å². The maximum Gasteiger partial charge on any atom is 0.258 e. The molecule has 0 saturated carbocycles. The molecular formula is C26H29FN2O6S. The zero-order valence-electron chi connectivity index (χ0n) is 20.5. The van der Waals surface area contributed by atoms with Gasteiger partial charge in [0.2, 0.25) is 10.0 Å². The number of amides is 1. The topological polar surface area (TPSA) is 94.2 Å². The number of hydrogen-bond donors (Lipinski definition) is 1. The number of carbonyl (C=O) groups is 1. The van der Waals surface area contributed by atoms with Crippen molar-refractivity contribution in [1.29, 1.82) is 0 Å². The highest BCUT2D eigenvalue weighted by Crippen LogP contribution is 2.30. The lowest BCUT2D eigenvalue weighted by molar-refractivity contribution is -0.123. The Morgan fingerprint density at radius 1 is 1.00 bits per heavy atom. The monoisotopic (exact) mass is 516 g/mol. The molecule has 1 atom stereocenters. The summed E-state index contributed by atoms with van der Waals surface area (Å²) in [6.07, 6.45) is 1.06. The van der Waals surface area contributed by atoms with Crippen LogP contribution in [-0.2, 0) is 21.4 Å². The van der Waals surface area contributed by atoms with E-state index >= 15 is 0 Å². The molecule has 0 heterocycles. The average Bonchev–Trinajstić information content (AvgIpc) is 2.86. The summed E-state index contributed by atoms with van der Waals surface area (Å²) in [7, 11) is -0.585. The maximum atomic E-state index is 14.1. The van der Waals surface area contributed by atoms with E-state index in [2.05, 4.69) is 5.32 Å². The third kappa shape index (κ3) is 6.88. The predicted octanol–water partition coefficient (Wildman–Crippen LogP) is 4.07. The van der Waals surface area contributed by atoms with Crippen molar-refractivity contribution in [2.45, 2.75) is 19.5 Å². The highest BCUT2D eigenvalue weighted by molar-refractivity contribution is 7.92. The molecule has 0 aliphatic carbocycles. The van der Waals surface area contributed by atoms with Gasteiger partial charge in [-0.25, -0.2) is 12.8 Å². The summed E-state index contributed by atoms with van der Waals surface area (Å²) in [4.78, 5) is 12.4. The smallest absolute Gasteiger partial charge is 0.258 e. The Labute approximate surface area is 210 Å². The van der Waals surface area contributed by atoms with Gasteiger partial charge in [-0.1, -0.05) is 24.3 Å². The zero-order valence-corrected chi connectivity index (χ0v) is 21.3. The van der Waals surface area contributed by atoms with E-state index in [1.807, 2.05) is 13.0 Å². The molecule has 8 nitrogen and oxygen atoms in total. The molecule has 0 bridgehead atoms. The first-order chi connectivity index (χ1) is 17.1. The summed E-state index contributed by atoms with van der Waals surface area (Å²) in [6, 6.07) is 17.3. The van der Waals surface area contributed by atoms with Crippen LogP contribution in [0.15, 0.2) is 66.7 Å². The van der Waals surface area contributed by atoms with E-state index in [-0.39, 0.29) is 30.7 Å². The molecule has 0 aromatic heterocycles. The van der Waals surface area contributed by atoms with Crippen LogP contribution in [0, 0.1) is 5.82 Å². The number of rotatable bonds is 11. The van der Waals surface area contributed by atoms with Crippen molar-refractivity contribution >= 4 is 21.6 Å². The predicted molar refractivity (Wildman–Crippen MR) is 135 cm³/mol. The van der Waals surface area contributed by atoms with Gasteiger partial charge >= 0.3 is 0 Å². The number of nitrogens with one attached hydrogen (secondary N) is 1. The Hall–Kier alpha value is -3.79. The Balaban J connectivity index is 1.61. The summed E-state index contributed by atoms with van der Waals surface area (Å²) in [5.41, 5.74) is 1.43. The number of halogens is 1. The number of benzene rings is 3. The van der Waals surface area contributed by atoms with E-state index in [1.165, 1.54) is 12.1 Å². The van der Waals surface area contributed by atoms with Crippen LogP contribution in [0.2, 0.25) is 0 Å². The fraction of sp³-hybridized carbons (Fsp3) is 0.269. The summed E-state index contributed by atoms with van der Waals surface area (Å²) < 4.78 is 56.0. The van der Waals surface area contributed by atoms with E-state index in [9.17, 15) is 17.6 Å². The van der Waals surface area contributed by atoms with Gasteiger partial charge in [-0.15, -0.1) is 0 Å². The minimum absolute atomic E-state index is 0.151. The van der Waals surface area contributed by atoms with Crippen molar-refractivity contribution in [2.75, 3.05) is 31.4 Å². The Morgan fingerprint density at radius 2 is 1.67 bits per heavy atom. The van der Waals surface area contributed by atoms with Gasteiger partial charge in [0, 0.05) is 5.56 Å². The molecular weight excluding hydrogens is 487 g/mol. The molecule has 10 heteroatoms. The Bertz CT molecular complexity index is 1300. The second-order valence-electron chi connectivity index (χ2n) is 8.05. The van der Waals surface area contributed by atoms with Gasteiger partial charge in [0.25, 0.3) is 5.91 Å². The van der Waals surface area contributed by atoms with E-state index in [0.717, 1.165) is 16.1 Å². The zero-order chi connectivity index (χ0) is 26.3. The lowest BCUT2D eigenvalue weighted by Gasteiger charge is -2.23. The number of sulfonamides is 1. The standard InChI is InChI=1S/C26H29FN2O6S/c1-18(19-9-14-24(33-2)25(15-19)34-3)28-26(30)17-35-22-12-10-21(11-13-22)29(36(4,31)32)16-20-7-5-6-8-23(20)27/h5-15,18H,16-17H2,1-4H3,(H,28,30). The summed E-state index contributed by atoms with van der Waals surface area (Å²) in [5.74, 6) is 0.714. The van der Waals surface area contributed by atoms with Crippen LogP contribution in [0.4, 0.5) is 10.1 Å². The first-order valence-electron chi connectivity index (χ1n) is 11.1. The third-order valence-corrected chi connectivity index (χ3v) is 6.59. The fourth-order valence-electron chi connectivity index (χ4n) is 3.53. The van der Waals surface area contributed by atoms with Gasteiger partial charge in [0.05, 0.1) is 38.7 Å². The molecule has 1 unspecified atom stereocenters. The van der Waals surface area contributed by atoms with Crippen LogP contribution in [0.3, 0.4) is 0 Å². The van der Waals surface area contributed by atoms with Gasteiger partial charge in [-0.2, -0.15) is 0 Å². The van der Waals surface area contributed by atoms with Gasteiger partial charge in [0.15, 0.2) is 18.1 Å². The number of carbonyl (C=O) groups excluding carboxylic acids is 1. The molecule has 0 spiro atoms. The SMILES string of the molecule is COc1ccc(C(C)NC(=O)COc2ccc(N(Cc3ccccc3F)S(C)(=O)=O)cc2)cc1OC. The highest BCUT2D eigenvalue weighted by atomic mass is 32.2. The van der Waals surface area contributed by atoms with Crippen molar-refractivity contribution in [3.63, 3.8) is 0 Å². The Morgan fingerprint density at radius 3 is 2.28 bits per heavy atom. The minimum atomic E-state index is -3.68. The molecule has 36 heavy (non-hydrogen) atoms. The van der Waals surface area contributed by atoms with E-state index in [1.54, 1.807) is 62.8 Å². The normalized spacial score (nSPS) is 11.9. The molecule has 1 N–H and O–H groups in total. The van der Waals surface area contributed by atoms with Crippen LogP contribution in [0.5, 0.6) is 17.2 Å². The van der Waals surface area contributed by atoms with Gasteiger partial charge in [-0.05, 0) is 55.0 Å².